The molecule has 2 heterocycles. The fraction of sp³-hybridized carbons (Fsp3) is 0.471. The van der Waals surface area contributed by atoms with E-state index in [-0.39, 0.29) is 24.4 Å². The SMILES string of the molecule is Cc1ccc(-n2cc(C(=O)N3CCC(C)CC3CN)nn2)cc1.Cl. The number of piperidine rings is 1. The Morgan fingerprint density at radius 3 is 2.71 bits per heavy atom. The third-order valence-electron chi connectivity index (χ3n) is 4.52. The summed E-state index contributed by atoms with van der Waals surface area (Å²) < 4.78 is 1.64. The van der Waals surface area contributed by atoms with Gasteiger partial charge in [-0.3, -0.25) is 4.79 Å². The van der Waals surface area contributed by atoms with Gasteiger partial charge in [0.1, 0.15) is 0 Å². The molecule has 0 radical (unpaired) electrons. The molecule has 0 spiro atoms. The Balaban J connectivity index is 0.00000208. The molecule has 2 N–H and O–H groups in total. The molecule has 1 aromatic carbocycles. The van der Waals surface area contributed by atoms with Crippen molar-refractivity contribution in [3.8, 4) is 5.69 Å². The van der Waals surface area contributed by atoms with Gasteiger partial charge in [0, 0.05) is 19.1 Å². The van der Waals surface area contributed by atoms with Crippen LogP contribution in [0.2, 0.25) is 0 Å². The summed E-state index contributed by atoms with van der Waals surface area (Å²) >= 11 is 0. The molecule has 0 bridgehead atoms. The average molecular weight is 350 g/mol. The van der Waals surface area contributed by atoms with Crippen LogP contribution in [0, 0.1) is 12.8 Å². The van der Waals surface area contributed by atoms with Crippen molar-refractivity contribution in [3.05, 3.63) is 41.7 Å². The highest BCUT2D eigenvalue weighted by molar-refractivity contribution is 5.92. The topological polar surface area (TPSA) is 77.0 Å². The summed E-state index contributed by atoms with van der Waals surface area (Å²) in [4.78, 5) is 14.6. The van der Waals surface area contributed by atoms with Crippen LogP contribution in [-0.4, -0.2) is 44.9 Å². The maximum absolute atomic E-state index is 12.7. The minimum absolute atomic E-state index is 0. The zero-order valence-electron chi connectivity index (χ0n) is 14.1. The standard InChI is InChI=1S/C17H23N5O.ClH/c1-12-3-5-14(6-4-12)22-11-16(19-20-22)17(23)21-8-7-13(2)9-15(21)10-18;/h3-6,11,13,15H,7-10,18H2,1-2H3;1H. The summed E-state index contributed by atoms with van der Waals surface area (Å²) in [6.07, 6.45) is 3.65. The Bertz CT molecular complexity index is 685. The normalized spacial score (nSPS) is 20.5. The maximum Gasteiger partial charge on any atom is 0.276 e. The van der Waals surface area contributed by atoms with E-state index in [4.69, 9.17) is 5.73 Å². The van der Waals surface area contributed by atoms with Gasteiger partial charge in [0.05, 0.1) is 11.9 Å². The number of aromatic nitrogens is 3. The van der Waals surface area contributed by atoms with Crippen LogP contribution in [0.15, 0.2) is 30.5 Å². The molecule has 1 saturated heterocycles. The Morgan fingerprint density at radius 1 is 1.33 bits per heavy atom. The average Bonchev–Trinajstić information content (AvgIpc) is 3.04. The smallest absolute Gasteiger partial charge is 0.276 e. The number of hydrogen-bond donors (Lipinski definition) is 1. The quantitative estimate of drug-likeness (QED) is 0.921. The van der Waals surface area contributed by atoms with E-state index in [1.54, 1.807) is 10.9 Å². The lowest BCUT2D eigenvalue weighted by Gasteiger charge is -2.37. The van der Waals surface area contributed by atoms with E-state index in [2.05, 4.69) is 17.2 Å². The summed E-state index contributed by atoms with van der Waals surface area (Å²) in [5.74, 6) is 0.529. The van der Waals surface area contributed by atoms with Crippen LogP contribution in [0.5, 0.6) is 0 Å². The molecular formula is C17H24ClN5O. The van der Waals surface area contributed by atoms with E-state index < -0.39 is 0 Å². The lowest BCUT2D eigenvalue weighted by atomic mass is 9.92. The molecule has 1 aromatic heterocycles. The van der Waals surface area contributed by atoms with Crippen molar-refractivity contribution in [2.24, 2.45) is 11.7 Å². The van der Waals surface area contributed by atoms with Gasteiger partial charge in [-0.25, -0.2) is 4.68 Å². The first-order valence-corrected chi connectivity index (χ1v) is 8.09. The monoisotopic (exact) mass is 349 g/mol. The van der Waals surface area contributed by atoms with Crippen LogP contribution >= 0.6 is 12.4 Å². The summed E-state index contributed by atoms with van der Waals surface area (Å²) in [5, 5.41) is 8.14. The van der Waals surface area contributed by atoms with Gasteiger partial charge in [-0.1, -0.05) is 29.8 Å². The lowest BCUT2D eigenvalue weighted by Crippen LogP contribution is -2.49. The zero-order valence-corrected chi connectivity index (χ0v) is 14.9. The molecular weight excluding hydrogens is 326 g/mol. The second-order valence-corrected chi connectivity index (χ2v) is 6.40. The van der Waals surface area contributed by atoms with E-state index in [1.165, 1.54) is 5.56 Å². The van der Waals surface area contributed by atoms with Crippen molar-refractivity contribution >= 4 is 18.3 Å². The highest BCUT2D eigenvalue weighted by Gasteiger charge is 2.30. The number of hydrogen-bond acceptors (Lipinski definition) is 4. The van der Waals surface area contributed by atoms with Gasteiger partial charge in [0.2, 0.25) is 0 Å². The van der Waals surface area contributed by atoms with E-state index in [9.17, 15) is 4.79 Å². The molecule has 24 heavy (non-hydrogen) atoms. The van der Waals surface area contributed by atoms with Crippen LogP contribution in [0.4, 0.5) is 0 Å². The highest BCUT2D eigenvalue weighted by Crippen LogP contribution is 2.23. The second-order valence-electron chi connectivity index (χ2n) is 6.40. The van der Waals surface area contributed by atoms with Crippen LogP contribution < -0.4 is 5.73 Å². The lowest BCUT2D eigenvalue weighted by molar-refractivity contribution is 0.0567. The number of rotatable bonds is 3. The fourth-order valence-corrected chi connectivity index (χ4v) is 3.08. The zero-order chi connectivity index (χ0) is 16.4. The van der Waals surface area contributed by atoms with Gasteiger partial charge < -0.3 is 10.6 Å². The van der Waals surface area contributed by atoms with E-state index in [0.717, 1.165) is 25.1 Å². The third kappa shape index (κ3) is 3.76. The number of halogens is 1. The van der Waals surface area contributed by atoms with Crippen LogP contribution in [0.3, 0.4) is 0 Å². The number of carbonyl (C=O) groups is 1. The summed E-state index contributed by atoms with van der Waals surface area (Å²) in [5.41, 5.74) is 8.29. The molecule has 1 amide bonds. The minimum atomic E-state index is -0.0780. The van der Waals surface area contributed by atoms with E-state index in [1.807, 2.05) is 36.1 Å². The number of amides is 1. The van der Waals surface area contributed by atoms with Crippen molar-refractivity contribution in [1.82, 2.24) is 19.9 Å². The first-order valence-electron chi connectivity index (χ1n) is 8.09. The molecule has 2 unspecified atom stereocenters. The predicted molar refractivity (Wildman–Crippen MR) is 95.6 cm³/mol. The van der Waals surface area contributed by atoms with Gasteiger partial charge in [0.25, 0.3) is 5.91 Å². The summed E-state index contributed by atoms with van der Waals surface area (Å²) in [6, 6.07) is 8.03. The first kappa shape index (κ1) is 18.4. The summed E-state index contributed by atoms with van der Waals surface area (Å²) in [7, 11) is 0. The predicted octanol–water partition coefficient (Wildman–Crippen LogP) is 2.20. The Kier molecular flexibility index (Phi) is 5.96. The minimum Gasteiger partial charge on any atom is -0.333 e. The van der Waals surface area contributed by atoms with Gasteiger partial charge in [-0.15, -0.1) is 17.5 Å². The van der Waals surface area contributed by atoms with Crippen molar-refractivity contribution in [2.75, 3.05) is 13.1 Å². The molecule has 1 aliphatic rings. The van der Waals surface area contributed by atoms with Gasteiger partial charge in [-0.2, -0.15) is 0 Å². The molecule has 130 valence electrons. The number of likely N-dealkylation sites (tertiary alicyclic amines) is 1. The number of benzene rings is 1. The van der Waals surface area contributed by atoms with Gasteiger partial charge in [-0.05, 0) is 37.8 Å². The molecule has 1 aliphatic heterocycles. The van der Waals surface area contributed by atoms with E-state index in [0.29, 0.717) is 18.2 Å². The third-order valence-corrected chi connectivity index (χ3v) is 4.52. The number of nitrogens with two attached hydrogens (primary N) is 1. The van der Waals surface area contributed by atoms with Crippen molar-refractivity contribution in [1.29, 1.82) is 0 Å². The van der Waals surface area contributed by atoms with Crippen molar-refractivity contribution in [2.45, 2.75) is 32.7 Å². The Hall–Kier alpha value is -1.92. The number of aryl methyl sites for hydroxylation is 1. The van der Waals surface area contributed by atoms with E-state index >= 15 is 0 Å². The molecule has 3 rings (SSSR count). The number of carbonyl (C=O) groups excluding carboxylic acids is 1. The maximum atomic E-state index is 12.7. The Morgan fingerprint density at radius 2 is 2.04 bits per heavy atom. The molecule has 2 atom stereocenters. The van der Waals surface area contributed by atoms with Gasteiger partial charge in [0.15, 0.2) is 5.69 Å². The molecule has 0 aliphatic carbocycles. The number of nitrogens with zero attached hydrogens (tertiary/aromatic N) is 4. The van der Waals surface area contributed by atoms with Gasteiger partial charge >= 0.3 is 0 Å². The van der Waals surface area contributed by atoms with Crippen molar-refractivity contribution in [3.63, 3.8) is 0 Å². The fourth-order valence-electron chi connectivity index (χ4n) is 3.08. The largest absolute Gasteiger partial charge is 0.333 e. The van der Waals surface area contributed by atoms with Crippen LogP contribution in [0.1, 0.15) is 35.8 Å². The molecule has 1 fully saturated rings. The highest BCUT2D eigenvalue weighted by atomic mass is 35.5. The van der Waals surface area contributed by atoms with Crippen molar-refractivity contribution < 1.29 is 4.79 Å². The first-order chi connectivity index (χ1) is 11.1. The Labute approximate surface area is 148 Å². The van der Waals surface area contributed by atoms with Crippen LogP contribution in [0.25, 0.3) is 5.69 Å². The second kappa shape index (κ2) is 7.77. The molecule has 7 heteroatoms. The molecule has 0 saturated carbocycles. The molecule has 2 aromatic rings. The molecule has 6 nitrogen and oxygen atoms in total. The summed E-state index contributed by atoms with van der Waals surface area (Å²) in [6.45, 7) is 5.46. The van der Waals surface area contributed by atoms with Crippen LogP contribution in [-0.2, 0) is 0 Å².